The number of hydrogen-bond donors (Lipinski definition) is 1. The Labute approximate surface area is 200 Å². The van der Waals surface area contributed by atoms with Crippen LogP contribution >= 0.6 is 11.6 Å². The van der Waals surface area contributed by atoms with E-state index in [1.807, 2.05) is 37.3 Å². The number of aromatic nitrogens is 2. The minimum atomic E-state index is -0.0931. The van der Waals surface area contributed by atoms with Crippen molar-refractivity contribution < 1.29 is 9.32 Å². The predicted molar refractivity (Wildman–Crippen MR) is 131 cm³/mol. The van der Waals surface area contributed by atoms with Crippen LogP contribution in [0.25, 0.3) is 11.4 Å². The lowest BCUT2D eigenvalue weighted by molar-refractivity contribution is -0.121. The van der Waals surface area contributed by atoms with E-state index in [0.29, 0.717) is 29.8 Å². The van der Waals surface area contributed by atoms with E-state index in [-0.39, 0.29) is 17.2 Å². The first-order chi connectivity index (χ1) is 15.7. The lowest BCUT2D eigenvalue weighted by atomic mass is 9.87. The van der Waals surface area contributed by atoms with Crippen molar-refractivity contribution in [2.75, 3.05) is 18.4 Å². The van der Waals surface area contributed by atoms with Crippen molar-refractivity contribution in [1.82, 2.24) is 15.0 Å². The first-order valence-corrected chi connectivity index (χ1v) is 11.8. The van der Waals surface area contributed by atoms with Gasteiger partial charge in [-0.1, -0.05) is 67.9 Å². The Kier molecular flexibility index (Phi) is 6.86. The molecule has 0 radical (unpaired) electrons. The van der Waals surface area contributed by atoms with Crippen LogP contribution in [0.1, 0.15) is 50.6 Å². The summed E-state index contributed by atoms with van der Waals surface area (Å²) in [4.78, 5) is 19.7. The van der Waals surface area contributed by atoms with Crippen LogP contribution in [0.3, 0.4) is 0 Å². The topological polar surface area (TPSA) is 71.3 Å². The number of carbonyl (C=O) groups is 1. The number of hydrogen-bond acceptors (Lipinski definition) is 5. The summed E-state index contributed by atoms with van der Waals surface area (Å²) in [5.41, 5.74) is 3.95. The number of piperidine rings is 1. The van der Waals surface area contributed by atoms with E-state index in [1.165, 1.54) is 5.56 Å². The number of anilines is 1. The highest BCUT2D eigenvalue weighted by Crippen LogP contribution is 2.27. The third-order valence-corrected chi connectivity index (χ3v) is 6.65. The molecule has 0 saturated carbocycles. The molecule has 1 N–H and O–H groups in total. The number of likely N-dealkylation sites (tertiary alicyclic amines) is 1. The standard InChI is InChI=1S/C26H31ClN4O2/c1-17-21(27)8-5-9-22(17)28-25(32)19-7-6-14-31(15-19)16-23-29-24(30-33-23)18-10-12-20(13-11-18)26(2,3)4/h5,8-13,19H,6-7,14-16H2,1-4H3,(H,28,32). The quantitative estimate of drug-likeness (QED) is 0.511. The van der Waals surface area contributed by atoms with Crippen LogP contribution in [0, 0.1) is 12.8 Å². The Balaban J connectivity index is 1.37. The third kappa shape index (κ3) is 5.63. The summed E-state index contributed by atoms with van der Waals surface area (Å²) >= 11 is 6.19. The highest BCUT2D eigenvalue weighted by atomic mass is 35.5. The van der Waals surface area contributed by atoms with Gasteiger partial charge < -0.3 is 9.84 Å². The molecule has 174 valence electrons. The fourth-order valence-corrected chi connectivity index (χ4v) is 4.31. The van der Waals surface area contributed by atoms with Gasteiger partial charge in [0.15, 0.2) is 0 Å². The van der Waals surface area contributed by atoms with Crippen LogP contribution in [-0.2, 0) is 16.8 Å². The molecule has 0 bridgehead atoms. The Morgan fingerprint density at radius 3 is 2.70 bits per heavy atom. The molecule has 2 heterocycles. The molecule has 1 amide bonds. The molecule has 2 aromatic carbocycles. The van der Waals surface area contributed by atoms with Gasteiger partial charge in [0.2, 0.25) is 17.6 Å². The zero-order valence-corrected chi connectivity index (χ0v) is 20.4. The van der Waals surface area contributed by atoms with Gasteiger partial charge in [-0.15, -0.1) is 0 Å². The van der Waals surface area contributed by atoms with E-state index >= 15 is 0 Å². The summed E-state index contributed by atoms with van der Waals surface area (Å²) in [5.74, 6) is 1.09. The lowest BCUT2D eigenvalue weighted by Gasteiger charge is -2.31. The number of halogens is 1. The average Bonchev–Trinajstić information content (AvgIpc) is 3.25. The maximum Gasteiger partial charge on any atom is 0.241 e. The van der Waals surface area contributed by atoms with Gasteiger partial charge in [0, 0.05) is 22.8 Å². The fraction of sp³-hybridized carbons (Fsp3) is 0.423. The lowest BCUT2D eigenvalue weighted by Crippen LogP contribution is -2.40. The van der Waals surface area contributed by atoms with Crippen molar-refractivity contribution in [2.24, 2.45) is 5.92 Å². The van der Waals surface area contributed by atoms with E-state index in [1.54, 1.807) is 0 Å². The molecular formula is C26H31ClN4O2. The normalized spacial score (nSPS) is 17.2. The molecule has 1 atom stereocenters. The third-order valence-electron chi connectivity index (χ3n) is 6.24. The minimum Gasteiger partial charge on any atom is -0.338 e. The van der Waals surface area contributed by atoms with E-state index in [9.17, 15) is 4.79 Å². The minimum absolute atomic E-state index is 0.0234. The van der Waals surface area contributed by atoms with Gasteiger partial charge >= 0.3 is 0 Å². The summed E-state index contributed by atoms with van der Waals surface area (Å²) < 4.78 is 5.52. The summed E-state index contributed by atoms with van der Waals surface area (Å²) in [5, 5.41) is 7.86. The summed E-state index contributed by atoms with van der Waals surface area (Å²) in [6.45, 7) is 10.6. The van der Waals surface area contributed by atoms with Gasteiger partial charge in [-0.25, -0.2) is 0 Å². The largest absolute Gasteiger partial charge is 0.338 e. The van der Waals surface area contributed by atoms with Crippen LogP contribution in [0.15, 0.2) is 47.0 Å². The second-order valence-electron chi connectivity index (χ2n) is 9.81. The van der Waals surface area contributed by atoms with Crippen LogP contribution < -0.4 is 5.32 Å². The molecule has 6 nitrogen and oxygen atoms in total. The van der Waals surface area contributed by atoms with Crippen molar-refractivity contribution >= 4 is 23.2 Å². The Morgan fingerprint density at radius 1 is 1.21 bits per heavy atom. The summed E-state index contributed by atoms with van der Waals surface area (Å²) in [6.07, 6.45) is 1.80. The highest BCUT2D eigenvalue weighted by molar-refractivity contribution is 6.31. The van der Waals surface area contributed by atoms with E-state index in [4.69, 9.17) is 16.1 Å². The summed E-state index contributed by atoms with van der Waals surface area (Å²) in [6, 6.07) is 13.9. The van der Waals surface area contributed by atoms with Crippen LogP contribution in [0.5, 0.6) is 0 Å². The SMILES string of the molecule is Cc1c(Cl)cccc1NC(=O)C1CCCN(Cc2nc(-c3ccc(C(C)(C)C)cc3)no2)C1. The molecule has 1 aliphatic heterocycles. The summed E-state index contributed by atoms with van der Waals surface area (Å²) in [7, 11) is 0. The molecule has 3 aromatic rings. The molecule has 0 spiro atoms. The zero-order valence-electron chi connectivity index (χ0n) is 19.7. The molecule has 1 unspecified atom stereocenters. The van der Waals surface area contributed by atoms with E-state index in [2.05, 4.69) is 53.3 Å². The number of carbonyl (C=O) groups excluding carboxylic acids is 1. The zero-order chi connectivity index (χ0) is 23.6. The van der Waals surface area contributed by atoms with Gasteiger partial charge in [0.25, 0.3) is 0 Å². The van der Waals surface area contributed by atoms with Gasteiger partial charge in [-0.3, -0.25) is 9.69 Å². The molecule has 33 heavy (non-hydrogen) atoms. The van der Waals surface area contributed by atoms with Crippen LogP contribution in [0.2, 0.25) is 5.02 Å². The molecule has 1 fully saturated rings. The van der Waals surface area contributed by atoms with Crippen molar-refractivity contribution in [1.29, 1.82) is 0 Å². The monoisotopic (exact) mass is 466 g/mol. The molecule has 4 rings (SSSR count). The Hall–Kier alpha value is -2.70. The second-order valence-corrected chi connectivity index (χ2v) is 10.2. The number of benzene rings is 2. The van der Waals surface area contributed by atoms with E-state index < -0.39 is 0 Å². The van der Waals surface area contributed by atoms with E-state index in [0.717, 1.165) is 36.2 Å². The van der Waals surface area contributed by atoms with Crippen LogP contribution in [0.4, 0.5) is 5.69 Å². The van der Waals surface area contributed by atoms with Gasteiger partial charge in [-0.05, 0) is 55.0 Å². The molecule has 1 aromatic heterocycles. The maximum atomic E-state index is 12.9. The molecular weight excluding hydrogens is 436 g/mol. The molecule has 1 aliphatic rings. The maximum absolute atomic E-state index is 12.9. The van der Waals surface area contributed by atoms with Gasteiger partial charge in [0.1, 0.15) is 0 Å². The first kappa shape index (κ1) is 23.5. The molecule has 0 aliphatic carbocycles. The predicted octanol–water partition coefficient (Wildman–Crippen LogP) is 5.85. The second kappa shape index (κ2) is 9.65. The number of nitrogens with zero attached hydrogens (tertiary/aromatic N) is 3. The highest BCUT2D eigenvalue weighted by Gasteiger charge is 2.27. The first-order valence-electron chi connectivity index (χ1n) is 11.4. The van der Waals surface area contributed by atoms with Crippen LogP contribution in [-0.4, -0.2) is 34.0 Å². The molecule has 7 heteroatoms. The Morgan fingerprint density at radius 2 is 1.97 bits per heavy atom. The van der Waals surface area contributed by atoms with Crippen molar-refractivity contribution in [3.63, 3.8) is 0 Å². The number of rotatable bonds is 5. The van der Waals surface area contributed by atoms with Crippen molar-refractivity contribution in [3.8, 4) is 11.4 Å². The fourth-order valence-electron chi connectivity index (χ4n) is 4.14. The van der Waals surface area contributed by atoms with Gasteiger partial charge in [0.05, 0.1) is 12.5 Å². The number of nitrogens with one attached hydrogen (secondary N) is 1. The molecule has 1 saturated heterocycles. The Bertz CT molecular complexity index is 1120. The van der Waals surface area contributed by atoms with Gasteiger partial charge in [-0.2, -0.15) is 4.98 Å². The van der Waals surface area contributed by atoms with Crippen molar-refractivity contribution in [3.05, 3.63) is 64.5 Å². The van der Waals surface area contributed by atoms with Crippen molar-refractivity contribution in [2.45, 2.75) is 52.5 Å². The smallest absolute Gasteiger partial charge is 0.241 e. The average molecular weight is 467 g/mol. The number of amides is 1.